The van der Waals surface area contributed by atoms with Crippen molar-refractivity contribution in [1.82, 2.24) is 24.8 Å². The van der Waals surface area contributed by atoms with Crippen LogP contribution in [0.3, 0.4) is 0 Å². The summed E-state index contributed by atoms with van der Waals surface area (Å²) in [6.45, 7) is 7.30. The number of ether oxygens (including phenoxy) is 1. The number of halogens is 3. The third-order valence-corrected chi connectivity index (χ3v) is 11.1. The van der Waals surface area contributed by atoms with Crippen LogP contribution in [0.15, 0.2) is 30.9 Å². The predicted octanol–water partition coefficient (Wildman–Crippen LogP) is 6.04. The van der Waals surface area contributed by atoms with Gasteiger partial charge in [-0.3, -0.25) is 9.69 Å². The second-order valence-electron chi connectivity index (χ2n) is 12.1. The molecule has 6 heterocycles. The first kappa shape index (κ1) is 30.1. The molecule has 2 unspecified atom stereocenters. The topological polar surface area (TPSA) is 101 Å². The third-order valence-electron chi connectivity index (χ3n) is 9.93. The van der Waals surface area contributed by atoms with Gasteiger partial charge in [0.2, 0.25) is 5.91 Å². The van der Waals surface area contributed by atoms with Gasteiger partial charge in [0.1, 0.15) is 23.8 Å². The molecule has 2 N–H and O–H groups in total. The molecule has 0 aliphatic carbocycles. The van der Waals surface area contributed by atoms with E-state index in [0.717, 1.165) is 56.5 Å². The first-order valence-corrected chi connectivity index (χ1v) is 16.1. The van der Waals surface area contributed by atoms with Gasteiger partial charge in [0.05, 0.1) is 32.9 Å². The molecule has 0 saturated carbocycles. The van der Waals surface area contributed by atoms with Crippen molar-refractivity contribution in [2.24, 2.45) is 0 Å². The summed E-state index contributed by atoms with van der Waals surface area (Å²) < 4.78 is 37.9. The maximum atomic E-state index is 16.8. The lowest BCUT2D eigenvalue weighted by atomic mass is 9.95. The Morgan fingerprint density at radius 2 is 1.93 bits per heavy atom. The lowest BCUT2D eigenvalue weighted by Gasteiger charge is -2.47. The Labute approximate surface area is 268 Å². The Bertz CT molecular complexity index is 1860. The number of thiazole rings is 1. The van der Waals surface area contributed by atoms with Gasteiger partial charge < -0.3 is 20.3 Å². The van der Waals surface area contributed by atoms with Crippen LogP contribution in [0.25, 0.3) is 32.2 Å². The molecule has 4 fully saturated rings. The molecule has 2 aromatic carbocycles. The molecular formula is C32H34ClF2N7O2S. The highest BCUT2D eigenvalue weighted by Gasteiger charge is 2.50. The highest BCUT2D eigenvalue weighted by molar-refractivity contribution is 7.22. The average Bonchev–Trinajstić information content (AvgIpc) is 3.76. The maximum Gasteiger partial charge on any atom is 0.319 e. The Morgan fingerprint density at radius 1 is 1.16 bits per heavy atom. The number of aromatic nitrogens is 3. The second-order valence-corrected chi connectivity index (χ2v) is 13.6. The summed E-state index contributed by atoms with van der Waals surface area (Å²) >= 11 is 7.80. The van der Waals surface area contributed by atoms with Gasteiger partial charge in [-0.05, 0) is 69.5 Å². The molecule has 0 bridgehead atoms. The summed E-state index contributed by atoms with van der Waals surface area (Å²) in [4.78, 5) is 32.6. The van der Waals surface area contributed by atoms with Crippen LogP contribution >= 0.6 is 22.9 Å². The first-order valence-electron chi connectivity index (χ1n) is 14.9. The molecule has 2 atom stereocenters. The Hall–Kier alpha value is -3.61. The number of rotatable bonds is 6. The fraction of sp³-hybridized carbons (Fsp3) is 0.438. The summed E-state index contributed by atoms with van der Waals surface area (Å²) in [5.74, 6) is -0.747. The Balaban J connectivity index is 0.00000325. The van der Waals surface area contributed by atoms with Crippen LogP contribution in [0.4, 0.5) is 19.7 Å². The summed E-state index contributed by atoms with van der Waals surface area (Å²) in [7, 11) is 0. The van der Waals surface area contributed by atoms with Crippen molar-refractivity contribution in [3.63, 3.8) is 0 Å². The number of carbonyl (C=O) groups excluding carboxylic acids is 1. The average molecular weight is 654 g/mol. The van der Waals surface area contributed by atoms with Crippen molar-refractivity contribution >= 4 is 60.9 Å². The number of carbonyl (C=O) groups is 1. The standard InChI is InChI=1S/C31H30ClF2N7O2S.CH4/c1-2-22(42)40-12-7-20-21(40)14-41(20)28-17-13-18(32)23(16-5-6-19(33)27-26(16)36-29(35)44-27)24(34)25(17)37-30(38-28)43-15-31-8-3-10-39(31)11-4-9-31;/h2,5-6,13,20-21H,1,3-4,7-12,14-15H2,(H2,35,36);1H4. The van der Waals surface area contributed by atoms with Crippen molar-refractivity contribution in [2.45, 2.75) is 57.2 Å². The van der Waals surface area contributed by atoms with Crippen molar-refractivity contribution in [3.05, 3.63) is 47.5 Å². The second kappa shape index (κ2) is 11.0. The zero-order valence-electron chi connectivity index (χ0n) is 23.9. The predicted molar refractivity (Wildman–Crippen MR) is 174 cm³/mol. The zero-order chi connectivity index (χ0) is 30.3. The highest BCUT2D eigenvalue weighted by Crippen LogP contribution is 2.45. The van der Waals surface area contributed by atoms with E-state index in [2.05, 4.69) is 26.3 Å². The van der Waals surface area contributed by atoms with Crippen LogP contribution in [0.5, 0.6) is 6.01 Å². The summed E-state index contributed by atoms with van der Waals surface area (Å²) in [5.41, 5.74) is 6.54. The van der Waals surface area contributed by atoms with Gasteiger partial charge in [-0.15, -0.1) is 0 Å². The monoisotopic (exact) mass is 653 g/mol. The zero-order valence-corrected chi connectivity index (χ0v) is 25.4. The molecule has 0 radical (unpaired) electrons. The van der Waals surface area contributed by atoms with Crippen LogP contribution in [0.2, 0.25) is 5.02 Å². The van der Waals surface area contributed by atoms with E-state index < -0.39 is 11.6 Å². The van der Waals surface area contributed by atoms with E-state index in [1.54, 1.807) is 6.07 Å². The van der Waals surface area contributed by atoms with Crippen LogP contribution in [0, 0.1) is 11.6 Å². The molecule has 4 saturated heterocycles. The molecule has 13 heteroatoms. The number of amides is 1. The Kier molecular flexibility index (Phi) is 7.37. The number of hydrogen-bond donors (Lipinski definition) is 1. The van der Waals surface area contributed by atoms with Crippen molar-refractivity contribution in [2.75, 3.05) is 43.4 Å². The molecule has 8 rings (SSSR count). The highest BCUT2D eigenvalue weighted by atomic mass is 35.5. The number of benzene rings is 2. The lowest BCUT2D eigenvalue weighted by Crippen LogP contribution is -2.63. The number of likely N-dealkylation sites (tertiary alicyclic amines) is 1. The summed E-state index contributed by atoms with van der Waals surface area (Å²) in [6.07, 6.45) is 6.41. The number of nitrogen functional groups attached to an aromatic ring is 1. The van der Waals surface area contributed by atoms with Crippen LogP contribution in [-0.4, -0.2) is 81.1 Å². The number of hydrogen-bond acceptors (Lipinski definition) is 9. The van der Waals surface area contributed by atoms with Crippen molar-refractivity contribution < 1.29 is 18.3 Å². The van der Waals surface area contributed by atoms with Gasteiger partial charge in [0.15, 0.2) is 10.9 Å². The largest absolute Gasteiger partial charge is 0.461 e. The first-order chi connectivity index (χ1) is 21.3. The molecule has 1 amide bonds. The van der Waals surface area contributed by atoms with Crippen LogP contribution in [0.1, 0.15) is 39.5 Å². The van der Waals surface area contributed by atoms with Gasteiger partial charge in [0, 0.05) is 29.6 Å². The van der Waals surface area contributed by atoms with Crippen molar-refractivity contribution in [3.8, 4) is 17.1 Å². The minimum absolute atomic E-state index is 0. The molecule has 4 aromatic rings. The molecule has 45 heavy (non-hydrogen) atoms. The van der Waals surface area contributed by atoms with E-state index in [9.17, 15) is 9.18 Å². The smallest absolute Gasteiger partial charge is 0.319 e. The van der Waals surface area contributed by atoms with Crippen LogP contribution < -0.4 is 15.4 Å². The number of fused-ring (bicyclic) bond motifs is 4. The van der Waals surface area contributed by atoms with E-state index in [4.69, 9.17) is 27.1 Å². The molecule has 0 spiro atoms. The molecule has 236 valence electrons. The molecule has 2 aromatic heterocycles. The van der Waals surface area contributed by atoms with Gasteiger partial charge in [-0.25, -0.2) is 13.8 Å². The van der Waals surface area contributed by atoms with E-state index in [0.29, 0.717) is 36.5 Å². The molecule has 4 aliphatic heterocycles. The maximum absolute atomic E-state index is 16.8. The van der Waals surface area contributed by atoms with Crippen LogP contribution in [-0.2, 0) is 4.79 Å². The Morgan fingerprint density at radius 3 is 2.69 bits per heavy atom. The summed E-state index contributed by atoms with van der Waals surface area (Å²) in [5, 5.41) is 0.726. The van der Waals surface area contributed by atoms with E-state index in [1.165, 1.54) is 18.2 Å². The lowest BCUT2D eigenvalue weighted by molar-refractivity contribution is -0.127. The molecular weight excluding hydrogens is 620 g/mol. The van der Waals surface area contributed by atoms with Crippen molar-refractivity contribution in [1.29, 1.82) is 0 Å². The quantitative estimate of drug-likeness (QED) is 0.252. The molecule has 9 nitrogen and oxygen atoms in total. The fourth-order valence-electron chi connectivity index (χ4n) is 7.80. The minimum Gasteiger partial charge on any atom is -0.461 e. The van der Waals surface area contributed by atoms with Gasteiger partial charge >= 0.3 is 6.01 Å². The number of nitrogens with zero attached hydrogens (tertiary/aromatic N) is 6. The number of nitrogens with two attached hydrogens (primary N) is 1. The number of anilines is 2. The van der Waals surface area contributed by atoms with E-state index >= 15 is 4.39 Å². The third kappa shape index (κ3) is 4.55. The minimum atomic E-state index is -0.672. The summed E-state index contributed by atoms with van der Waals surface area (Å²) in [6, 6.07) is 4.50. The van der Waals surface area contributed by atoms with E-state index in [1.807, 2.05) is 4.90 Å². The fourth-order valence-corrected chi connectivity index (χ4v) is 8.86. The SMILES string of the molecule is C.C=CC(=O)N1CCC2C1CN2c1nc(OCC23CCCN2CCC3)nc2c(F)c(-c3ccc(F)c4sc(N)nc34)c(Cl)cc12. The van der Waals surface area contributed by atoms with E-state index in [-0.39, 0.29) is 68.4 Å². The normalized spacial score (nSPS) is 21.9. The van der Waals surface area contributed by atoms with Gasteiger partial charge in [-0.1, -0.05) is 36.9 Å². The van der Waals surface area contributed by atoms with Gasteiger partial charge in [-0.2, -0.15) is 9.97 Å². The van der Waals surface area contributed by atoms with Gasteiger partial charge in [0.25, 0.3) is 0 Å². The molecule has 4 aliphatic rings.